The Kier molecular flexibility index (Phi) is 6.36. The van der Waals surface area contributed by atoms with Crippen LogP contribution < -0.4 is 0 Å². The van der Waals surface area contributed by atoms with Crippen molar-refractivity contribution in [1.82, 2.24) is 0 Å². The number of hydrogen-bond donors (Lipinski definition) is 2. The predicted molar refractivity (Wildman–Crippen MR) is 80.7 cm³/mol. The number of hydrogen-bond acceptors (Lipinski definition) is 2. The van der Waals surface area contributed by atoms with Gasteiger partial charge in [-0.1, -0.05) is 52.2 Å². The first kappa shape index (κ1) is 16.0. The monoisotopic (exact) mass is 264 g/mol. The van der Waals surface area contributed by atoms with Crippen LogP contribution in [0.5, 0.6) is 5.75 Å². The quantitative estimate of drug-likeness (QED) is 0.692. The molecular weight excluding hydrogens is 236 g/mol. The molecule has 0 unspecified atom stereocenters. The Morgan fingerprint density at radius 3 is 2.47 bits per heavy atom. The Morgan fingerprint density at radius 2 is 1.84 bits per heavy atom. The second-order valence-electron chi connectivity index (χ2n) is 6.02. The molecule has 0 radical (unpaired) electrons. The topological polar surface area (TPSA) is 40.5 Å². The van der Waals surface area contributed by atoms with Gasteiger partial charge >= 0.3 is 0 Å². The van der Waals surface area contributed by atoms with E-state index in [1.54, 1.807) is 6.07 Å². The summed E-state index contributed by atoms with van der Waals surface area (Å²) in [6.45, 7) is 6.83. The van der Waals surface area contributed by atoms with Crippen LogP contribution in [-0.4, -0.2) is 16.8 Å². The molecule has 0 atom stereocenters. The summed E-state index contributed by atoms with van der Waals surface area (Å²) in [6.07, 6.45) is 6.41. The lowest BCUT2D eigenvalue weighted by Gasteiger charge is -2.27. The van der Waals surface area contributed by atoms with Gasteiger partial charge < -0.3 is 10.2 Å². The SMILES string of the molecule is CCCCCC(C)(C)c1cc(CCCO)ccc1O. The average molecular weight is 264 g/mol. The van der Waals surface area contributed by atoms with Crippen molar-refractivity contribution < 1.29 is 10.2 Å². The third-order valence-electron chi connectivity index (χ3n) is 3.82. The number of rotatable bonds is 8. The maximum Gasteiger partial charge on any atom is 0.119 e. The fraction of sp³-hybridized carbons (Fsp3) is 0.647. The summed E-state index contributed by atoms with van der Waals surface area (Å²) < 4.78 is 0. The second-order valence-corrected chi connectivity index (χ2v) is 6.02. The Hall–Kier alpha value is -1.02. The number of unbranched alkanes of at least 4 members (excludes halogenated alkanes) is 2. The zero-order valence-electron chi connectivity index (χ0n) is 12.6. The van der Waals surface area contributed by atoms with Crippen LogP contribution in [0.3, 0.4) is 0 Å². The highest BCUT2D eigenvalue weighted by Gasteiger charge is 2.23. The molecule has 1 rings (SSSR count). The summed E-state index contributed by atoms with van der Waals surface area (Å²) in [5, 5.41) is 19.0. The highest BCUT2D eigenvalue weighted by molar-refractivity contribution is 5.41. The molecule has 0 aromatic heterocycles. The van der Waals surface area contributed by atoms with Crippen molar-refractivity contribution in [3.05, 3.63) is 29.3 Å². The van der Waals surface area contributed by atoms with Crippen LogP contribution in [0, 0.1) is 0 Å². The molecule has 0 saturated heterocycles. The van der Waals surface area contributed by atoms with Crippen LogP contribution in [0.4, 0.5) is 0 Å². The second kappa shape index (κ2) is 7.54. The molecule has 1 aromatic rings. The third kappa shape index (κ3) is 4.87. The van der Waals surface area contributed by atoms with Gasteiger partial charge in [-0.25, -0.2) is 0 Å². The highest BCUT2D eigenvalue weighted by Crippen LogP contribution is 2.35. The van der Waals surface area contributed by atoms with E-state index in [9.17, 15) is 5.11 Å². The maximum absolute atomic E-state index is 10.1. The van der Waals surface area contributed by atoms with Gasteiger partial charge in [-0.15, -0.1) is 0 Å². The molecule has 2 nitrogen and oxygen atoms in total. The van der Waals surface area contributed by atoms with E-state index in [-0.39, 0.29) is 12.0 Å². The lowest BCUT2D eigenvalue weighted by molar-refractivity contribution is 0.288. The van der Waals surface area contributed by atoms with Gasteiger partial charge in [0.05, 0.1) is 0 Å². The summed E-state index contributed by atoms with van der Waals surface area (Å²) >= 11 is 0. The number of aromatic hydroxyl groups is 1. The van der Waals surface area contributed by atoms with Crippen LogP contribution in [0.15, 0.2) is 18.2 Å². The molecule has 108 valence electrons. The minimum absolute atomic E-state index is 0.00841. The minimum atomic E-state index is 0.00841. The molecule has 0 saturated carbocycles. The first-order valence-electron chi connectivity index (χ1n) is 7.44. The third-order valence-corrected chi connectivity index (χ3v) is 3.82. The van der Waals surface area contributed by atoms with Crippen LogP contribution in [0.2, 0.25) is 0 Å². The van der Waals surface area contributed by atoms with Crippen molar-refractivity contribution in [3.8, 4) is 5.75 Å². The van der Waals surface area contributed by atoms with E-state index in [0.717, 1.165) is 24.8 Å². The fourth-order valence-corrected chi connectivity index (χ4v) is 2.52. The summed E-state index contributed by atoms with van der Waals surface area (Å²) in [5.74, 6) is 0.397. The molecular formula is C17H28O2. The minimum Gasteiger partial charge on any atom is -0.508 e. The maximum atomic E-state index is 10.1. The van der Waals surface area contributed by atoms with Crippen molar-refractivity contribution in [1.29, 1.82) is 0 Å². The van der Waals surface area contributed by atoms with Gasteiger partial charge in [-0.3, -0.25) is 0 Å². The zero-order valence-corrected chi connectivity index (χ0v) is 12.6. The van der Waals surface area contributed by atoms with Gasteiger partial charge in [0.15, 0.2) is 0 Å². The van der Waals surface area contributed by atoms with Crippen LogP contribution >= 0.6 is 0 Å². The lowest BCUT2D eigenvalue weighted by atomic mass is 9.78. The molecule has 0 aliphatic carbocycles. The first-order valence-corrected chi connectivity index (χ1v) is 7.44. The van der Waals surface area contributed by atoms with E-state index in [4.69, 9.17) is 5.11 Å². The van der Waals surface area contributed by atoms with E-state index in [1.807, 2.05) is 6.07 Å². The van der Waals surface area contributed by atoms with E-state index in [2.05, 4.69) is 26.8 Å². The smallest absolute Gasteiger partial charge is 0.119 e. The lowest BCUT2D eigenvalue weighted by Crippen LogP contribution is -2.17. The number of aliphatic hydroxyl groups is 1. The van der Waals surface area contributed by atoms with E-state index >= 15 is 0 Å². The van der Waals surface area contributed by atoms with Crippen molar-refractivity contribution >= 4 is 0 Å². The molecule has 2 heteroatoms. The van der Waals surface area contributed by atoms with Gasteiger partial charge in [0.2, 0.25) is 0 Å². The highest BCUT2D eigenvalue weighted by atomic mass is 16.3. The number of phenols is 1. The standard InChI is InChI=1S/C17H28O2/c1-4-5-6-11-17(2,3)15-13-14(8-7-12-18)9-10-16(15)19/h9-10,13,18-19H,4-8,11-12H2,1-3H3. The van der Waals surface area contributed by atoms with Crippen molar-refractivity contribution in [3.63, 3.8) is 0 Å². The summed E-state index contributed by atoms with van der Waals surface area (Å²) in [6, 6.07) is 5.86. The molecule has 0 amide bonds. The zero-order chi connectivity index (χ0) is 14.3. The Labute approximate surface area is 117 Å². The van der Waals surface area contributed by atoms with Gasteiger partial charge in [-0.2, -0.15) is 0 Å². The Balaban J connectivity index is 2.84. The molecule has 0 fully saturated rings. The predicted octanol–water partition coefficient (Wildman–Crippen LogP) is 4.18. The van der Waals surface area contributed by atoms with E-state index in [0.29, 0.717) is 5.75 Å². The number of aliphatic hydroxyl groups excluding tert-OH is 1. The van der Waals surface area contributed by atoms with Crippen LogP contribution in [0.25, 0.3) is 0 Å². The normalized spacial score (nSPS) is 11.8. The number of aryl methyl sites for hydroxylation is 1. The Morgan fingerprint density at radius 1 is 1.11 bits per heavy atom. The average Bonchev–Trinajstić information content (AvgIpc) is 2.37. The fourth-order valence-electron chi connectivity index (χ4n) is 2.52. The number of phenolic OH excluding ortho intramolecular Hbond substituents is 1. The van der Waals surface area contributed by atoms with Crippen molar-refractivity contribution in [2.24, 2.45) is 0 Å². The first-order chi connectivity index (χ1) is 9.01. The summed E-state index contributed by atoms with van der Waals surface area (Å²) in [4.78, 5) is 0. The van der Waals surface area contributed by atoms with Crippen molar-refractivity contribution in [2.75, 3.05) is 6.61 Å². The molecule has 2 N–H and O–H groups in total. The Bertz CT molecular complexity index is 383. The van der Waals surface area contributed by atoms with E-state index in [1.165, 1.54) is 24.8 Å². The summed E-state index contributed by atoms with van der Waals surface area (Å²) in [7, 11) is 0. The molecule has 0 aliphatic heterocycles. The van der Waals surface area contributed by atoms with Crippen molar-refractivity contribution in [2.45, 2.75) is 64.7 Å². The van der Waals surface area contributed by atoms with Gasteiger partial charge in [0, 0.05) is 6.61 Å². The van der Waals surface area contributed by atoms with Crippen LogP contribution in [0.1, 0.15) is 64.0 Å². The van der Waals surface area contributed by atoms with Gasteiger partial charge in [0.1, 0.15) is 5.75 Å². The summed E-state index contributed by atoms with van der Waals surface area (Å²) in [5.41, 5.74) is 2.25. The molecule has 0 heterocycles. The largest absolute Gasteiger partial charge is 0.508 e. The molecule has 0 bridgehead atoms. The molecule has 19 heavy (non-hydrogen) atoms. The van der Waals surface area contributed by atoms with Gasteiger partial charge in [0.25, 0.3) is 0 Å². The van der Waals surface area contributed by atoms with Gasteiger partial charge in [-0.05, 0) is 41.9 Å². The molecule has 1 aromatic carbocycles. The molecule has 0 spiro atoms. The number of benzene rings is 1. The van der Waals surface area contributed by atoms with E-state index < -0.39 is 0 Å². The molecule has 0 aliphatic rings. The van der Waals surface area contributed by atoms with Crippen LogP contribution in [-0.2, 0) is 11.8 Å².